The number of nitrogens with zero attached hydrogens (tertiary/aromatic N) is 1. The summed E-state index contributed by atoms with van der Waals surface area (Å²) in [6.45, 7) is 1.70. The van der Waals surface area contributed by atoms with Crippen LogP contribution in [0.3, 0.4) is 0 Å². The van der Waals surface area contributed by atoms with E-state index in [0.717, 1.165) is 29.5 Å². The highest BCUT2D eigenvalue weighted by atomic mass is 79.9. The minimum absolute atomic E-state index is 0.133. The third kappa shape index (κ3) is 2.43. The second-order valence-electron chi connectivity index (χ2n) is 5.71. The molecule has 19 heavy (non-hydrogen) atoms. The topological polar surface area (TPSA) is 46.3 Å². The van der Waals surface area contributed by atoms with Gasteiger partial charge in [0.2, 0.25) is 0 Å². The number of halogens is 1. The molecule has 102 valence electrons. The lowest BCUT2D eigenvalue weighted by atomic mass is 9.78. The van der Waals surface area contributed by atoms with E-state index in [4.69, 9.17) is 5.73 Å². The Morgan fingerprint density at radius 3 is 2.79 bits per heavy atom. The first-order chi connectivity index (χ1) is 9.16. The van der Waals surface area contributed by atoms with E-state index in [0.29, 0.717) is 11.8 Å². The van der Waals surface area contributed by atoms with Crippen LogP contribution in [0.5, 0.6) is 0 Å². The van der Waals surface area contributed by atoms with E-state index in [2.05, 4.69) is 15.9 Å². The van der Waals surface area contributed by atoms with Crippen LogP contribution < -0.4 is 5.73 Å². The predicted molar refractivity (Wildman–Crippen MR) is 78.9 cm³/mol. The number of fused-ring (bicyclic) bond motifs is 1. The number of amides is 1. The molecule has 1 saturated heterocycles. The summed E-state index contributed by atoms with van der Waals surface area (Å²) >= 11 is 3.46. The molecule has 3 atom stereocenters. The Kier molecular flexibility index (Phi) is 3.63. The SMILES string of the molecule is NC1CCCC2CN(C(=O)c3ccccc3Br)CC12. The Balaban J connectivity index is 1.78. The maximum absolute atomic E-state index is 12.6. The van der Waals surface area contributed by atoms with E-state index < -0.39 is 0 Å². The van der Waals surface area contributed by atoms with Crippen molar-refractivity contribution in [2.75, 3.05) is 13.1 Å². The van der Waals surface area contributed by atoms with Gasteiger partial charge in [0.1, 0.15) is 0 Å². The van der Waals surface area contributed by atoms with E-state index in [-0.39, 0.29) is 11.9 Å². The van der Waals surface area contributed by atoms with E-state index in [1.165, 1.54) is 12.8 Å². The zero-order chi connectivity index (χ0) is 13.4. The van der Waals surface area contributed by atoms with Crippen molar-refractivity contribution in [1.29, 1.82) is 0 Å². The van der Waals surface area contributed by atoms with Gasteiger partial charge in [-0.3, -0.25) is 4.79 Å². The van der Waals surface area contributed by atoms with Crippen LogP contribution in [0.1, 0.15) is 29.6 Å². The fraction of sp³-hybridized carbons (Fsp3) is 0.533. The summed E-state index contributed by atoms with van der Waals surface area (Å²) in [4.78, 5) is 14.6. The van der Waals surface area contributed by atoms with Gasteiger partial charge in [0.25, 0.3) is 5.91 Å². The number of rotatable bonds is 1. The van der Waals surface area contributed by atoms with Crippen LogP contribution in [0.2, 0.25) is 0 Å². The second-order valence-corrected chi connectivity index (χ2v) is 6.56. The van der Waals surface area contributed by atoms with Crippen LogP contribution in [-0.2, 0) is 0 Å². The van der Waals surface area contributed by atoms with Crippen molar-refractivity contribution in [1.82, 2.24) is 4.90 Å². The summed E-state index contributed by atoms with van der Waals surface area (Å²) in [5.41, 5.74) is 6.96. The first kappa shape index (κ1) is 13.1. The number of hydrogen-bond donors (Lipinski definition) is 1. The van der Waals surface area contributed by atoms with Crippen LogP contribution in [0, 0.1) is 11.8 Å². The molecule has 2 N–H and O–H groups in total. The number of nitrogens with two attached hydrogens (primary N) is 1. The molecule has 3 unspecified atom stereocenters. The van der Waals surface area contributed by atoms with E-state index >= 15 is 0 Å². The molecule has 0 radical (unpaired) electrons. The summed E-state index contributed by atoms with van der Waals surface area (Å²) in [6, 6.07) is 7.92. The molecule has 1 saturated carbocycles. The molecule has 1 aromatic rings. The van der Waals surface area contributed by atoms with Gasteiger partial charge in [0, 0.05) is 23.6 Å². The fourth-order valence-corrected chi connectivity index (χ4v) is 3.94. The van der Waals surface area contributed by atoms with Crippen LogP contribution >= 0.6 is 15.9 Å². The van der Waals surface area contributed by atoms with Gasteiger partial charge in [0.15, 0.2) is 0 Å². The maximum atomic E-state index is 12.6. The van der Waals surface area contributed by atoms with Crippen molar-refractivity contribution in [2.24, 2.45) is 17.6 Å². The Bertz CT molecular complexity index is 491. The molecule has 1 aliphatic carbocycles. The second kappa shape index (κ2) is 5.25. The minimum Gasteiger partial charge on any atom is -0.338 e. The molecular weight excluding hydrogens is 304 g/mol. The third-order valence-corrected chi connectivity index (χ3v) is 5.24. The molecule has 0 aromatic heterocycles. The highest BCUT2D eigenvalue weighted by Crippen LogP contribution is 2.36. The molecule has 2 aliphatic rings. The number of likely N-dealkylation sites (tertiary alicyclic amines) is 1. The van der Waals surface area contributed by atoms with Gasteiger partial charge < -0.3 is 10.6 Å². The minimum atomic E-state index is 0.133. The lowest BCUT2D eigenvalue weighted by Gasteiger charge is -2.29. The summed E-state index contributed by atoms with van der Waals surface area (Å²) in [5.74, 6) is 1.24. The van der Waals surface area contributed by atoms with Gasteiger partial charge in [-0.15, -0.1) is 0 Å². The lowest BCUT2D eigenvalue weighted by molar-refractivity contribution is 0.0782. The summed E-state index contributed by atoms with van der Waals surface area (Å²) in [5, 5.41) is 0. The normalized spacial score (nSPS) is 30.2. The number of benzene rings is 1. The molecule has 1 aliphatic heterocycles. The molecule has 4 heteroatoms. The van der Waals surface area contributed by atoms with Crippen LogP contribution in [0.15, 0.2) is 28.7 Å². The van der Waals surface area contributed by atoms with Crippen molar-refractivity contribution in [3.63, 3.8) is 0 Å². The Hall–Kier alpha value is -0.870. The van der Waals surface area contributed by atoms with E-state index in [1.54, 1.807) is 0 Å². The van der Waals surface area contributed by atoms with Gasteiger partial charge >= 0.3 is 0 Å². The monoisotopic (exact) mass is 322 g/mol. The molecule has 1 amide bonds. The van der Waals surface area contributed by atoms with Crippen molar-refractivity contribution in [3.05, 3.63) is 34.3 Å². The summed E-state index contributed by atoms with van der Waals surface area (Å²) in [6.07, 6.45) is 3.54. The van der Waals surface area contributed by atoms with Crippen molar-refractivity contribution < 1.29 is 4.79 Å². The Labute approximate surface area is 122 Å². The van der Waals surface area contributed by atoms with Crippen LogP contribution in [-0.4, -0.2) is 29.9 Å². The molecule has 0 spiro atoms. The van der Waals surface area contributed by atoms with Gasteiger partial charge in [-0.25, -0.2) is 0 Å². The molecule has 2 fully saturated rings. The van der Waals surface area contributed by atoms with Gasteiger partial charge in [-0.05, 0) is 52.7 Å². The van der Waals surface area contributed by atoms with E-state index in [9.17, 15) is 4.79 Å². The van der Waals surface area contributed by atoms with Crippen molar-refractivity contribution in [3.8, 4) is 0 Å². The van der Waals surface area contributed by atoms with Crippen LogP contribution in [0.4, 0.5) is 0 Å². The highest BCUT2D eigenvalue weighted by Gasteiger charge is 2.40. The number of carbonyl (C=O) groups is 1. The van der Waals surface area contributed by atoms with Gasteiger partial charge in [0.05, 0.1) is 5.56 Å². The van der Waals surface area contributed by atoms with Crippen molar-refractivity contribution >= 4 is 21.8 Å². The lowest BCUT2D eigenvalue weighted by Crippen LogP contribution is -2.38. The molecule has 1 heterocycles. The average Bonchev–Trinajstić information content (AvgIpc) is 2.84. The zero-order valence-corrected chi connectivity index (χ0v) is 12.5. The average molecular weight is 323 g/mol. The Morgan fingerprint density at radius 1 is 1.26 bits per heavy atom. The quantitative estimate of drug-likeness (QED) is 0.864. The predicted octanol–water partition coefficient (Wildman–Crippen LogP) is 2.65. The standard InChI is InChI=1S/C15H19BrN2O/c16-13-6-2-1-5-11(13)15(19)18-8-10-4-3-7-14(17)12(10)9-18/h1-2,5-6,10,12,14H,3-4,7-9,17H2. The maximum Gasteiger partial charge on any atom is 0.255 e. The molecule has 3 rings (SSSR count). The third-order valence-electron chi connectivity index (χ3n) is 4.55. The number of hydrogen-bond acceptors (Lipinski definition) is 2. The van der Waals surface area contributed by atoms with Crippen LogP contribution in [0.25, 0.3) is 0 Å². The molecule has 1 aromatic carbocycles. The van der Waals surface area contributed by atoms with Gasteiger partial charge in [-0.1, -0.05) is 18.6 Å². The first-order valence-corrected chi connectivity index (χ1v) is 7.75. The van der Waals surface area contributed by atoms with Crippen molar-refractivity contribution in [2.45, 2.75) is 25.3 Å². The number of carbonyl (C=O) groups excluding carboxylic acids is 1. The molecule has 0 bridgehead atoms. The smallest absolute Gasteiger partial charge is 0.255 e. The van der Waals surface area contributed by atoms with Gasteiger partial charge in [-0.2, -0.15) is 0 Å². The largest absolute Gasteiger partial charge is 0.338 e. The summed E-state index contributed by atoms with van der Waals surface area (Å²) in [7, 11) is 0. The fourth-order valence-electron chi connectivity index (χ4n) is 3.49. The first-order valence-electron chi connectivity index (χ1n) is 6.96. The summed E-state index contributed by atoms with van der Waals surface area (Å²) < 4.78 is 0.874. The molecular formula is C15H19BrN2O. The van der Waals surface area contributed by atoms with E-state index in [1.807, 2.05) is 29.2 Å². The zero-order valence-electron chi connectivity index (χ0n) is 10.9. The highest BCUT2D eigenvalue weighted by molar-refractivity contribution is 9.10. The Morgan fingerprint density at radius 2 is 2.05 bits per heavy atom. The molecule has 3 nitrogen and oxygen atoms in total.